The van der Waals surface area contributed by atoms with Gasteiger partial charge in [0.25, 0.3) is 0 Å². The molecule has 116 valence electrons. The number of carbonyl (C=O) groups excluding carboxylic acids is 1. The summed E-state index contributed by atoms with van der Waals surface area (Å²) in [6, 6.07) is 4.64. The molecule has 0 aromatic heterocycles. The van der Waals surface area contributed by atoms with E-state index in [9.17, 15) is 9.18 Å². The van der Waals surface area contributed by atoms with E-state index in [2.05, 4.69) is 20.8 Å². The molecule has 0 heterocycles. The summed E-state index contributed by atoms with van der Waals surface area (Å²) in [5.41, 5.74) is 1.05. The van der Waals surface area contributed by atoms with E-state index in [1.165, 1.54) is 12.1 Å². The molecule has 0 radical (unpaired) electrons. The van der Waals surface area contributed by atoms with Gasteiger partial charge in [-0.2, -0.15) is 0 Å². The SMILES string of the molecule is CC(C)(C)C1CCC(C(=O)Cc2ccc(Cl)c(F)c2)CC1. The van der Waals surface area contributed by atoms with Gasteiger partial charge in [0.1, 0.15) is 11.6 Å². The molecule has 0 aliphatic heterocycles. The van der Waals surface area contributed by atoms with Crippen LogP contribution in [0.3, 0.4) is 0 Å². The van der Waals surface area contributed by atoms with Gasteiger partial charge in [-0.05, 0) is 54.7 Å². The molecule has 1 saturated carbocycles. The monoisotopic (exact) mass is 310 g/mol. The lowest BCUT2D eigenvalue weighted by molar-refractivity contribution is -0.123. The van der Waals surface area contributed by atoms with E-state index < -0.39 is 5.82 Å². The Labute approximate surface area is 131 Å². The Morgan fingerprint density at radius 3 is 2.38 bits per heavy atom. The minimum absolute atomic E-state index is 0.108. The third kappa shape index (κ3) is 4.29. The van der Waals surface area contributed by atoms with Gasteiger partial charge in [-0.15, -0.1) is 0 Å². The Balaban J connectivity index is 1.92. The van der Waals surface area contributed by atoms with Crippen molar-refractivity contribution in [3.63, 3.8) is 0 Å². The normalized spacial score (nSPS) is 23.1. The maximum atomic E-state index is 13.4. The van der Waals surface area contributed by atoms with Gasteiger partial charge in [-0.1, -0.05) is 38.4 Å². The second kappa shape index (κ2) is 6.48. The molecule has 1 nitrogen and oxygen atoms in total. The zero-order valence-electron chi connectivity index (χ0n) is 13.1. The first-order valence-corrected chi connectivity index (χ1v) is 8.12. The van der Waals surface area contributed by atoms with Crippen molar-refractivity contribution >= 4 is 17.4 Å². The highest BCUT2D eigenvalue weighted by atomic mass is 35.5. The highest BCUT2D eigenvalue weighted by Gasteiger charge is 2.32. The first-order valence-electron chi connectivity index (χ1n) is 7.74. The lowest BCUT2D eigenvalue weighted by atomic mass is 9.69. The van der Waals surface area contributed by atoms with Gasteiger partial charge in [-0.3, -0.25) is 4.79 Å². The molecule has 1 fully saturated rings. The van der Waals surface area contributed by atoms with Crippen LogP contribution < -0.4 is 0 Å². The molecule has 0 saturated heterocycles. The van der Waals surface area contributed by atoms with Crippen LogP contribution in [0.15, 0.2) is 18.2 Å². The van der Waals surface area contributed by atoms with Crippen molar-refractivity contribution in [1.82, 2.24) is 0 Å². The largest absolute Gasteiger partial charge is 0.299 e. The van der Waals surface area contributed by atoms with Crippen molar-refractivity contribution in [3.8, 4) is 0 Å². The van der Waals surface area contributed by atoms with Gasteiger partial charge in [0, 0.05) is 12.3 Å². The van der Waals surface area contributed by atoms with Gasteiger partial charge >= 0.3 is 0 Å². The van der Waals surface area contributed by atoms with Gasteiger partial charge in [0.15, 0.2) is 0 Å². The summed E-state index contributed by atoms with van der Waals surface area (Å²) in [5, 5.41) is 0.108. The molecule has 0 amide bonds. The Morgan fingerprint density at radius 1 is 1.24 bits per heavy atom. The standard InChI is InChI=1S/C18H24ClFO/c1-18(2,3)14-7-5-13(6-8-14)17(21)11-12-4-9-15(19)16(20)10-12/h4,9-10,13-14H,5-8,11H2,1-3H3. The Bertz CT molecular complexity index is 510. The van der Waals surface area contributed by atoms with Crippen molar-refractivity contribution in [2.75, 3.05) is 0 Å². The van der Waals surface area contributed by atoms with Gasteiger partial charge in [0.2, 0.25) is 0 Å². The summed E-state index contributed by atoms with van der Waals surface area (Å²) >= 11 is 5.66. The van der Waals surface area contributed by atoms with Crippen LogP contribution >= 0.6 is 11.6 Å². The number of carbonyl (C=O) groups is 1. The van der Waals surface area contributed by atoms with Gasteiger partial charge in [-0.25, -0.2) is 4.39 Å². The summed E-state index contributed by atoms with van der Waals surface area (Å²) in [5.74, 6) is 0.638. The number of benzene rings is 1. The summed E-state index contributed by atoms with van der Waals surface area (Å²) < 4.78 is 13.4. The van der Waals surface area contributed by atoms with Crippen LogP contribution in [0.25, 0.3) is 0 Å². The summed E-state index contributed by atoms with van der Waals surface area (Å²) in [6.07, 6.45) is 4.50. The van der Waals surface area contributed by atoms with Crippen LogP contribution in [-0.4, -0.2) is 5.78 Å². The average Bonchev–Trinajstić information content (AvgIpc) is 2.42. The molecule has 1 aromatic carbocycles. The summed E-state index contributed by atoms with van der Waals surface area (Å²) in [6.45, 7) is 6.82. The van der Waals surface area contributed by atoms with Crippen LogP contribution in [0.2, 0.25) is 5.02 Å². The second-order valence-corrected chi connectivity index (χ2v) is 7.71. The van der Waals surface area contributed by atoms with Crippen LogP contribution in [-0.2, 0) is 11.2 Å². The van der Waals surface area contributed by atoms with E-state index in [4.69, 9.17) is 11.6 Å². The zero-order chi connectivity index (χ0) is 15.6. The number of Topliss-reactive ketones (excluding diaryl/α,β-unsaturated/α-hetero) is 1. The van der Waals surface area contributed by atoms with Crippen LogP contribution in [0.1, 0.15) is 52.0 Å². The molecule has 1 aliphatic carbocycles. The molecular weight excluding hydrogens is 287 g/mol. The second-order valence-electron chi connectivity index (χ2n) is 7.31. The summed E-state index contributed by atoms with van der Waals surface area (Å²) in [7, 11) is 0. The fourth-order valence-corrected chi connectivity index (χ4v) is 3.39. The quantitative estimate of drug-likeness (QED) is 0.726. The van der Waals surface area contributed by atoms with Crippen molar-refractivity contribution < 1.29 is 9.18 Å². The topological polar surface area (TPSA) is 17.1 Å². The van der Waals surface area contributed by atoms with Gasteiger partial charge in [0.05, 0.1) is 5.02 Å². The Hall–Kier alpha value is -0.890. The molecule has 1 aromatic rings. The zero-order valence-corrected chi connectivity index (χ0v) is 13.8. The van der Waals surface area contributed by atoms with E-state index in [1.54, 1.807) is 6.07 Å². The van der Waals surface area contributed by atoms with Crippen molar-refractivity contribution in [3.05, 3.63) is 34.6 Å². The van der Waals surface area contributed by atoms with E-state index in [-0.39, 0.29) is 16.7 Å². The maximum Gasteiger partial charge on any atom is 0.142 e. The molecule has 0 spiro atoms. The smallest absolute Gasteiger partial charge is 0.142 e. The van der Waals surface area contributed by atoms with E-state index in [1.807, 2.05) is 0 Å². The predicted octanol–water partition coefficient (Wildman–Crippen LogP) is 5.44. The highest BCUT2D eigenvalue weighted by molar-refractivity contribution is 6.30. The molecule has 0 atom stereocenters. The Kier molecular flexibility index (Phi) is 5.08. The van der Waals surface area contributed by atoms with Crippen LogP contribution in [0.4, 0.5) is 4.39 Å². The van der Waals surface area contributed by atoms with E-state index in [0.717, 1.165) is 31.2 Å². The molecule has 2 rings (SSSR count). The minimum atomic E-state index is -0.446. The van der Waals surface area contributed by atoms with Crippen molar-refractivity contribution in [2.45, 2.75) is 52.9 Å². The molecule has 21 heavy (non-hydrogen) atoms. The lowest BCUT2D eigenvalue weighted by Crippen LogP contribution is -2.29. The molecule has 3 heteroatoms. The number of ketones is 1. The third-order valence-corrected chi connectivity index (χ3v) is 5.08. The fourth-order valence-electron chi connectivity index (χ4n) is 3.28. The number of halogens is 2. The Morgan fingerprint density at radius 2 is 1.86 bits per heavy atom. The molecule has 0 N–H and O–H groups in total. The molecule has 0 bridgehead atoms. The fraction of sp³-hybridized carbons (Fsp3) is 0.611. The molecular formula is C18H24ClFO. The van der Waals surface area contributed by atoms with Crippen molar-refractivity contribution in [2.24, 2.45) is 17.3 Å². The predicted molar refractivity (Wildman–Crippen MR) is 85.0 cm³/mol. The van der Waals surface area contributed by atoms with E-state index >= 15 is 0 Å². The maximum absolute atomic E-state index is 13.4. The number of rotatable bonds is 3. The number of hydrogen-bond acceptors (Lipinski definition) is 1. The van der Waals surface area contributed by atoms with E-state index in [0.29, 0.717) is 17.8 Å². The van der Waals surface area contributed by atoms with Crippen LogP contribution in [0.5, 0.6) is 0 Å². The third-order valence-electron chi connectivity index (χ3n) is 4.77. The molecule has 0 unspecified atom stereocenters. The van der Waals surface area contributed by atoms with Gasteiger partial charge < -0.3 is 0 Å². The summed E-state index contributed by atoms with van der Waals surface area (Å²) in [4.78, 5) is 12.4. The minimum Gasteiger partial charge on any atom is -0.299 e. The number of hydrogen-bond donors (Lipinski definition) is 0. The van der Waals surface area contributed by atoms with Crippen molar-refractivity contribution in [1.29, 1.82) is 0 Å². The first kappa shape index (κ1) is 16.5. The first-order chi connectivity index (χ1) is 9.77. The van der Waals surface area contributed by atoms with Crippen LogP contribution in [0, 0.1) is 23.1 Å². The average molecular weight is 311 g/mol. The lowest BCUT2D eigenvalue weighted by Gasteiger charge is -2.36. The molecule has 1 aliphatic rings. The highest BCUT2D eigenvalue weighted by Crippen LogP contribution is 2.40.